The zero-order valence-corrected chi connectivity index (χ0v) is 16.0. The number of para-hydroxylation sites is 2. The molecule has 6 heteroatoms. The standard InChI is InChI=1S/C21H24N4O2/c1-15(27-17-9-7-8-16(14-17)21(2,3)4)20(26)23-18-10-5-6-11-19(18)25-13-12-22-24-25/h5-15H,1-4H3,(H,23,26). The number of amides is 1. The predicted octanol–water partition coefficient (Wildman–Crippen LogP) is 3.97. The molecule has 0 aliphatic rings. The minimum absolute atomic E-state index is 0.0155. The van der Waals surface area contributed by atoms with Gasteiger partial charge in [0.05, 0.1) is 23.8 Å². The van der Waals surface area contributed by atoms with Crippen molar-refractivity contribution in [3.8, 4) is 11.4 Å². The highest BCUT2D eigenvalue weighted by atomic mass is 16.5. The number of nitrogens with one attached hydrogen (secondary N) is 1. The van der Waals surface area contributed by atoms with Gasteiger partial charge in [0.2, 0.25) is 0 Å². The number of rotatable bonds is 5. The van der Waals surface area contributed by atoms with Gasteiger partial charge in [-0.3, -0.25) is 4.79 Å². The van der Waals surface area contributed by atoms with Crippen molar-refractivity contribution < 1.29 is 9.53 Å². The molecule has 1 atom stereocenters. The van der Waals surface area contributed by atoms with E-state index in [4.69, 9.17) is 4.74 Å². The third-order valence-corrected chi connectivity index (χ3v) is 4.21. The summed E-state index contributed by atoms with van der Waals surface area (Å²) in [5, 5.41) is 10.7. The van der Waals surface area contributed by atoms with E-state index in [9.17, 15) is 4.79 Å². The second kappa shape index (κ2) is 7.61. The molecule has 3 aromatic rings. The zero-order valence-electron chi connectivity index (χ0n) is 16.0. The fraction of sp³-hybridized carbons (Fsp3) is 0.286. The maximum atomic E-state index is 12.6. The molecule has 0 aliphatic heterocycles. The molecule has 0 saturated carbocycles. The maximum absolute atomic E-state index is 12.6. The molecule has 6 nitrogen and oxygen atoms in total. The highest BCUT2D eigenvalue weighted by Gasteiger charge is 2.19. The van der Waals surface area contributed by atoms with Crippen LogP contribution in [0.15, 0.2) is 60.9 Å². The molecule has 1 unspecified atom stereocenters. The van der Waals surface area contributed by atoms with E-state index in [1.807, 2.05) is 42.5 Å². The van der Waals surface area contributed by atoms with Crippen LogP contribution in [-0.2, 0) is 10.2 Å². The van der Waals surface area contributed by atoms with E-state index in [1.54, 1.807) is 24.0 Å². The Balaban J connectivity index is 1.73. The number of benzene rings is 2. The number of nitrogens with zero attached hydrogens (tertiary/aromatic N) is 3. The third kappa shape index (κ3) is 4.53. The van der Waals surface area contributed by atoms with Crippen molar-refractivity contribution >= 4 is 11.6 Å². The summed E-state index contributed by atoms with van der Waals surface area (Å²) < 4.78 is 7.47. The number of carbonyl (C=O) groups is 1. The lowest BCUT2D eigenvalue weighted by Crippen LogP contribution is -2.30. The van der Waals surface area contributed by atoms with Crippen LogP contribution in [0, 0.1) is 0 Å². The molecule has 0 radical (unpaired) electrons. The summed E-state index contributed by atoms with van der Waals surface area (Å²) in [6.45, 7) is 8.16. The van der Waals surface area contributed by atoms with Gasteiger partial charge in [0, 0.05) is 0 Å². The molecule has 3 rings (SSSR count). The van der Waals surface area contributed by atoms with Crippen molar-refractivity contribution in [2.45, 2.75) is 39.2 Å². The van der Waals surface area contributed by atoms with E-state index < -0.39 is 6.10 Å². The molecule has 140 valence electrons. The van der Waals surface area contributed by atoms with Crippen LogP contribution >= 0.6 is 0 Å². The molecule has 0 spiro atoms. The molecule has 1 aromatic heterocycles. The van der Waals surface area contributed by atoms with Gasteiger partial charge >= 0.3 is 0 Å². The highest BCUT2D eigenvalue weighted by Crippen LogP contribution is 2.26. The number of ether oxygens (including phenoxy) is 1. The van der Waals surface area contributed by atoms with Crippen LogP contribution < -0.4 is 10.1 Å². The van der Waals surface area contributed by atoms with Crippen molar-refractivity contribution in [2.24, 2.45) is 0 Å². The second-order valence-corrected chi connectivity index (χ2v) is 7.39. The first kappa shape index (κ1) is 18.6. The average molecular weight is 364 g/mol. The van der Waals surface area contributed by atoms with Gasteiger partial charge in [-0.2, -0.15) is 0 Å². The molecule has 2 aromatic carbocycles. The molecule has 0 bridgehead atoms. The molecule has 0 aliphatic carbocycles. The predicted molar refractivity (Wildman–Crippen MR) is 105 cm³/mol. The van der Waals surface area contributed by atoms with E-state index in [0.29, 0.717) is 11.4 Å². The maximum Gasteiger partial charge on any atom is 0.265 e. The second-order valence-electron chi connectivity index (χ2n) is 7.39. The van der Waals surface area contributed by atoms with Gasteiger partial charge in [-0.15, -0.1) is 5.10 Å². The molecule has 0 saturated heterocycles. The number of hydrogen-bond donors (Lipinski definition) is 1. The molecule has 1 N–H and O–H groups in total. The van der Waals surface area contributed by atoms with Gasteiger partial charge in [0.25, 0.3) is 5.91 Å². The van der Waals surface area contributed by atoms with Crippen LogP contribution in [0.25, 0.3) is 5.69 Å². The molecule has 27 heavy (non-hydrogen) atoms. The SMILES string of the molecule is CC(Oc1cccc(C(C)(C)C)c1)C(=O)Nc1ccccc1-n1ccnn1. The summed E-state index contributed by atoms with van der Waals surface area (Å²) in [7, 11) is 0. The van der Waals surface area contributed by atoms with Gasteiger partial charge in [0.1, 0.15) is 5.75 Å². The Kier molecular flexibility index (Phi) is 5.26. The molecule has 0 fully saturated rings. The Morgan fingerprint density at radius 2 is 1.93 bits per heavy atom. The molecule has 1 amide bonds. The summed E-state index contributed by atoms with van der Waals surface area (Å²) in [5.41, 5.74) is 2.56. The Hall–Kier alpha value is -3.15. The van der Waals surface area contributed by atoms with Gasteiger partial charge < -0.3 is 10.1 Å². The Bertz CT molecular complexity index is 914. The summed E-state index contributed by atoms with van der Waals surface area (Å²) in [6, 6.07) is 15.3. The quantitative estimate of drug-likeness (QED) is 0.744. The van der Waals surface area contributed by atoms with Gasteiger partial charge in [0.15, 0.2) is 6.10 Å². The van der Waals surface area contributed by atoms with E-state index in [2.05, 4.69) is 42.5 Å². The number of aromatic nitrogens is 3. The van der Waals surface area contributed by atoms with Gasteiger partial charge in [-0.05, 0) is 42.2 Å². The lowest BCUT2D eigenvalue weighted by Gasteiger charge is -2.21. The van der Waals surface area contributed by atoms with Crippen LogP contribution in [0.1, 0.15) is 33.3 Å². The summed E-state index contributed by atoms with van der Waals surface area (Å²) in [5.74, 6) is 0.443. The van der Waals surface area contributed by atoms with Gasteiger partial charge in [-0.1, -0.05) is 50.3 Å². The zero-order chi connectivity index (χ0) is 19.4. The first-order chi connectivity index (χ1) is 12.8. The largest absolute Gasteiger partial charge is 0.481 e. The number of carbonyl (C=O) groups excluding carboxylic acids is 1. The summed E-state index contributed by atoms with van der Waals surface area (Å²) >= 11 is 0. The van der Waals surface area contributed by atoms with E-state index in [1.165, 1.54) is 0 Å². The van der Waals surface area contributed by atoms with Crippen molar-refractivity contribution in [2.75, 3.05) is 5.32 Å². The van der Waals surface area contributed by atoms with E-state index >= 15 is 0 Å². The third-order valence-electron chi connectivity index (χ3n) is 4.21. The van der Waals surface area contributed by atoms with E-state index in [-0.39, 0.29) is 11.3 Å². The summed E-state index contributed by atoms with van der Waals surface area (Å²) in [4.78, 5) is 12.6. The van der Waals surface area contributed by atoms with Crippen molar-refractivity contribution in [3.05, 3.63) is 66.5 Å². The van der Waals surface area contributed by atoms with Crippen molar-refractivity contribution in [1.82, 2.24) is 15.0 Å². The summed E-state index contributed by atoms with van der Waals surface area (Å²) in [6.07, 6.45) is 2.67. The van der Waals surface area contributed by atoms with Crippen LogP contribution in [-0.4, -0.2) is 27.0 Å². The topological polar surface area (TPSA) is 69.0 Å². The molecule has 1 heterocycles. The number of anilines is 1. The normalized spacial score (nSPS) is 12.4. The first-order valence-corrected chi connectivity index (χ1v) is 8.88. The highest BCUT2D eigenvalue weighted by molar-refractivity contribution is 5.95. The Labute approximate surface area is 159 Å². The monoisotopic (exact) mass is 364 g/mol. The van der Waals surface area contributed by atoms with Crippen LogP contribution in [0.4, 0.5) is 5.69 Å². The average Bonchev–Trinajstić information content (AvgIpc) is 3.16. The van der Waals surface area contributed by atoms with E-state index in [0.717, 1.165) is 11.3 Å². The fourth-order valence-electron chi connectivity index (χ4n) is 2.64. The fourth-order valence-corrected chi connectivity index (χ4v) is 2.64. The number of hydrogen-bond acceptors (Lipinski definition) is 4. The lowest BCUT2D eigenvalue weighted by molar-refractivity contribution is -0.122. The first-order valence-electron chi connectivity index (χ1n) is 8.88. The van der Waals surface area contributed by atoms with Crippen LogP contribution in [0.3, 0.4) is 0 Å². The minimum Gasteiger partial charge on any atom is -0.481 e. The smallest absolute Gasteiger partial charge is 0.265 e. The van der Waals surface area contributed by atoms with Gasteiger partial charge in [-0.25, -0.2) is 4.68 Å². The van der Waals surface area contributed by atoms with Crippen LogP contribution in [0.5, 0.6) is 5.75 Å². The lowest BCUT2D eigenvalue weighted by atomic mass is 9.87. The van der Waals surface area contributed by atoms with Crippen LogP contribution in [0.2, 0.25) is 0 Å². The Morgan fingerprint density at radius 3 is 2.63 bits per heavy atom. The van der Waals surface area contributed by atoms with Crippen molar-refractivity contribution in [3.63, 3.8) is 0 Å². The molecular formula is C21H24N4O2. The Morgan fingerprint density at radius 1 is 1.15 bits per heavy atom. The minimum atomic E-state index is -0.649. The molecular weight excluding hydrogens is 340 g/mol. The van der Waals surface area contributed by atoms with Crippen molar-refractivity contribution in [1.29, 1.82) is 0 Å².